The third-order valence-electron chi connectivity index (χ3n) is 3.15. The number of esters is 1. The number of ether oxygens (including phenoxy) is 1. The molecule has 2 aromatic rings. The Balaban J connectivity index is 2.46. The maximum Gasteiger partial charge on any atom is 0.359 e. The topological polar surface area (TPSA) is 61.2 Å². The zero-order valence-corrected chi connectivity index (χ0v) is 13.2. The summed E-state index contributed by atoms with van der Waals surface area (Å²) in [6.45, 7) is 1.17. The molecule has 0 aliphatic carbocycles. The first-order valence-electron chi connectivity index (χ1n) is 6.88. The highest BCUT2D eigenvalue weighted by Gasteiger charge is 2.24. The van der Waals surface area contributed by atoms with Gasteiger partial charge in [-0.3, -0.25) is 0 Å². The predicted molar refractivity (Wildman–Crippen MR) is 78.4 cm³/mol. The molecule has 1 aromatic carbocycles. The molecule has 0 aliphatic heterocycles. The van der Waals surface area contributed by atoms with Crippen LogP contribution < -0.4 is 0 Å². The quantitative estimate of drug-likeness (QED) is 0.587. The fourth-order valence-electron chi connectivity index (χ4n) is 2.08. The number of hydrogen-bond donors (Lipinski definition) is 0. The lowest BCUT2D eigenvalue weighted by Gasteiger charge is -2.07. The monoisotopic (exact) mass is 360 g/mol. The lowest BCUT2D eigenvalue weighted by molar-refractivity contribution is -0.107. The molecule has 5 nitrogen and oxygen atoms in total. The van der Waals surface area contributed by atoms with Crippen LogP contribution in [-0.2, 0) is 22.5 Å². The van der Waals surface area contributed by atoms with Crippen LogP contribution >= 0.6 is 11.6 Å². The Bertz CT molecular complexity index is 770. The molecule has 0 bridgehead atoms. The van der Waals surface area contributed by atoms with E-state index in [9.17, 15) is 22.8 Å². The molecule has 0 spiro atoms. The summed E-state index contributed by atoms with van der Waals surface area (Å²) >= 11 is 6.05. The van der Waals surface area contributed by atoms with E-state index in [-0.39, 0.29) is 29.4 Å². The molecule has 0 fully saturated rings. The van der Waals surface area contributed by atoms with Crippen LogP contribution in [0.1, 0.15) is 28.5 Å². The Labute approximate surface area is 140 Å². The summed E-state index contributed by atoms with van der Waals surface area (Å²) in [6.07, 6.45) is 0.288. The maximum atomic E-state index is 13.8. The molecular weight excluding hydrogens is 349 g/mol. The molecule has 128 valence electrons. The SMILES string of the molecule is CCOC(=O)c1nn(Cc2c(F)cc(F)cc2F)c(Cl)c1CC=O. The van der Waals surface area contributed by atoms with Crippen molar-refractivity contribution < 1.29 is 27.5 Å². The Hall–Kier alpha value is -2.35. The minimum Gasteiger partial charge on any atom is -0.461 e. The van der Waals surface area contributed by atoms with Gasteiger partial charge in [-0.2, -0.15) is 5.10 Å². The summed E-state index contributed by atoms with van der Waals surface area (Å²) in [5, 5.41) is 3.74. The highest BCUT2D eigenvalue weighted by Crippen LogP contribution is 2.24. The lowest BCUT2D eigenvalue weighted by atomic mass is 10.2. The summed E-state index contributed by atoms with van der Waals surface area (Å²) in [7, 11) is 0. The van der Waals surface area contributed by atoms with Crippen molar-refractivity contribution in [2.75, 3.05) is 6.61 Å². The minimum atomic E-state index is -1.12. The maximum absolute atomic E-state index is 13.8. The number of hydrogen-bond acceptors (Lipinski definition) is 4. The molecule has 0 amide bonds. The van der Waals surface area contributed by atoms with Gasteiger partial charge < -0.3 is 9.53 Å². The predicted octanol–water partition coefficient (Wildman–Crippen LogP) is 2.92. The van der Waals surface area contributed by atoms with E-state index >= 15 is 0 Å². The molecule has 0 aliphatic rings. The number of halogens is 4. The average molecular weight is 361 g/mol. The highest BCUT2D eigenvalue weighted by atomic mass is 35.5. The normalized spacial score (nSPS) is 10.7. The molecule has 9 heteroatoms. The number of aldehydes is 1. The third-order valence-corrected chi connectivity index (χ3v) is 3.58. The van der Waals surface area contributed by atoms with Gasteiger partial charge in [-0.15, -0.1) is 0 Å². The first-order valence-corrected chi connectivity index (χ1v) is 7.26. The van der Waals surface area contributed by atoms with Crippen molar-refractivity contribution in [3.63, 3.8) is 0 Å². The molecule has 24 heavy (non-hydrogen) atoms. The van der Waals surface area contributed by atoms with Gasteiger partial charge in [-0.25, -0.2) is 22.6 Å². The summed E-state index contributed by atoms with van der Waals surface area (Å²) in [5.41, 5.74) is -0.598. The van der Waals surface area contributed by atoms with Crippen molar-refractivity contribution >= 4 is 23.9 Å². The van der Waals surface area contributed by atoms with Gasteiger partial charge in [0.25, 0.3) is 0 Å². The van der Waals surface area contributed by atoms with Gasteiger partial charge in [0.1, 0.15) is 28.9 Å². The molecule has 0 atom stereocenters. The number of carbonyl (C=O) groups is 2. The number of aromatic nitrogens is 2. The smallest absolute Gasteiger partial charge is 0.359 e. The summed E-state index contributed by atoms with van der Waals surface area (Å²) < 4.78 is 46.2. The van der Waals surface area contributed by atoms with Gasteiger partial charge in [0.05, 0.1) is 13.2 Å². The van der Waals surface area contributed by atoms with E-state index in [1.54, 1.807) is 6.92 Å². The fourth-order valence-corrected chi connectivity index (χ4v) is 2.35. The molecular formula is C15H12ClF3N2O3. The van der Waals surface area contributed by atoms with Crippen molar-refractivity contribution in [3.8, 4) is 0 Å². The minimum absolute atomic E-state index is 0.0745. The number of nitrogens with zero attached hydrogens (tertiary/aromatic N) is 2. The van der Waals surface area contributed by atoms with E-state index in [4.69, 9.17) is 16.3 Å². The standard InChI is InChI=1S/C15H12ClF3N2O3/c1-2-24-15(23)13-9(3-4-22)14(16)21(20-13)7-10-11(18)5-8(17)6-12(10)19/h4-6H,2-3,7H2,1H3. The largest absolute Gasteiger partial charge is 0.461 e. The Morgan fingerprint density at radius 1 is 1.29 bits per heavy atom. The first-order chi connectivity index (χ1) is 11.4. The summed E-state index contributed by atoms with van der Waals surface area (Å²) in [6, 6.07) is 1.04. The zero-order valence-electron chi connectivity index (χ0n) is 12.5. The second kappa shape index (κ2) is 7.48. The average Bonchev–Trinajstić information content (AvgIpc) is 2.81. The molecule has 0 unspecified atom stereocenters. The summed E-state index contributed by atoms with van der Waals surface area (Å²) in [4.78, 5) is 22.6. The Kier molecular flexibility index (Phi) is 5.61. The van der Waals surface area contributed by atoms with Crippen molar-refractivity contribution in [1.29, 1.82) is 0 Å². The van der Waals surface area contributed by atoms with Crippen LogP contribution in [0.25, 0.3) is 0 Å². The van der Waals surface area contributed by atoms with Gasteiger partial charge in [0.2, 0.25) is 0 Å². The number of carbonyl (C=O) groups excluding carboxylic acids is 2. The van der Waals surface area contributed by atoms with Crippen molar-refractivity contribution in [3.05, 3.63) is 51.6 Å². The fraction of sp³-hybridized carbons (Fsp3) is 0.267. The van der Waals surface area contributed by atoms with E-state index in [1.165, 1.54) is 0 Å². The van der Waals surface area contributed by atoms with Crippen LogP contribution in [-0.4, -0.2) is 28.6 Å². The number of benzene rings is 1. The molecule has 0 saturated heterocycles. The van der Waals surface area contributed by atoms with Gasteiger partial charge >= 0.3 is 5.97 Å². The highest BCUT2D eigenvalue weighted by molar-refractivity contribution is 6.31. The second-order valence-corrected chi connectivity index (χ2v) is 5.07. The molecule has 0 N–H and O–H groups in total. The molecule has 1 aromatic heterocycles. The van der Waals surface area contributed by atoms with Gasteiger partial charge in [-0.05, 0) is 6.92 Å². The van der Waals surface area contributed by atoms with E-state index in [0.717, 1.165) is 4.68 Å². The van der Waals surface area contributed by atoms with Crippen LogP contribution in [0.15, 0.2) is 12.1 Å². The Morgan fingerprint density at radius 2 is 1.92 bits per heavy atom. The van der Waals surface area contributed by atoms with Gasteiger partial charge in [-0.1, -0.05) is 11.6 Å². The van der Waals surface area contributed by atoms with Crippen molar-refractivity contribution in [2.24, 2.45) is 0 Å². The third kappa shape index (κ3) is 3.59. The van der Waals surface area contributed by atoms with Crippen LogP contribution in [0, 0.1) is 17.5 Å². The Morgan fingerprint density at radius 3 is 2.46 bits per heavy atom. The number of rotatable bonds is 6. The molecule has 2 rings (SSSR count). The van der Waals surface area contributed by atoms with E-state index in [1.807, 2.05) is 0 Å². The van der Waals surface area contributed by atoms with Crippen LogP contribution in [0.3, 0.4) is 0 Å². The van der Waals surface area contributed by atoms with E-state index < -0.39 is 35.5 Å². The zero-order chi connectivity index (χ0) is 17.9. The van der Waals surface area contributed by atoms with Gasteiger partial charge in [0.15, 0.2) is 5.69 Å². The van der Waals surface area contributed by atoms with E-state index in [2.05, 4.69) is 5.10 Å². The van der Waals surface area contributed by atoms with Crippen LogP contribution in [0.2, 0.25) is 5.15 Å². The van der Waals surface area contributed by atoms with Crippen molar-refractivity contribution in [1.82, 2.24) is 9.78 Å². The second-order valence-electron chi connectivity index (χ2n) is 4.71. The van der Waals surface area contributed by atoms with Crippen LogP contribution in [0.5, 0.6) is 0 Å². The first kappa shape index (κ1) is 18.0. The molecule has 0 radical (unpaired) electrons. The summed E-state index contributed by atoms with van der Waals surface area (Å²) in [5.74, 6) is -4.11. The lowest BCUT2D eigenvalue weighted by Crippen LogP contribution is -2.10. The van der Waals surface area contributed by atoms with Crippen molar-refractivity contribution in [2.45, 2.75) is 19.9 Å². The van der Waals surface area contributed by atoms with Gasteiger partial charge in [0, 0.05) is 29.7 Å². The molecule has 0 saturated carbocycles. The van der Waals surface area contributed by atoms with Crippen LogP contribution in [0.4, 0.5) is 13.2 Å². The molecule has 1 heterocycles. The van der Waals surface area contributed by atoms with E-state index in [0.29, 0.717) is 18.4 Å².